The van der Waals surface area contributed by atoms with E-state index in [1.165, 1.54) is 0 Å². The Hall–Kier alpha value is -8.54. The highest BCUT2D eigenvalue weighted by atomic mass is 15.0. The number of hydrogen-bond acceptors (Lipinski definition) is 8. The normalized spacial score (nSPS) is 11.3. The van der Waals surface area contributed by atoms with Gasteiger partial charge in [0.2, 0.25) is 0 Å². The van der Waals surface area contributed by atoms with E-state index < -0.39 is 0 Å². The van der Waals surface area contributed by atoms with E-state index in [1.807, 2.05) is 85.5 Å². The van der Waals surface area contributed by atoms with Gasteiger partial charge in [-0.15, -0.1) is 0 Å². The first-order valence-electron chi connectivity index (χ1n) is 19.5. The van der Waals surface area contributed by atoms with Gasteiger partial charge in [0.25, 0.3) is 0 Å². The van der Waals surface area contributed by atoms with Crippen molar-refractivity contribution in [3.63, 3.8) is 0 Å². The van der Waals surface area contributed by atoms with Gasteiger partial charge >= 0.3 is 0 Å². The van der Waals surface area contributed by atoms with Crippen LogP contribution in [0.3, 0.4) is 0 Å². The molecule has 8 heteroatoms. The summed E-state index contributed by atoms with van der Waals surface area (Å²) in [6.45, 7) is 0. The Morgan fingerprint density at radius 1 is 0.317 bits per heavy atom. The average Bonchev–Trinajstić information content (AvgIpc) is 3.33. The van der Waals surface area contributed by atoms with Gasteiger partial charge in [-0.3, -0.25) is 19.9 Å². The van der Waals surface area contributed by atoms with Gasteiger partial charge in [-0.05, 0) is 69.8 Å². The van der Waals surface area contributed by atoms with Crippen LogP contribution in [-0.4, -0.2) is 34.9 Å². The molecule has 0 atom stereocenters. The van der Waals surface area contributed by atoms with Crippen LogP contribution in [0.15, 0.2) is 183 Å². The fraction of sp³-hybridized carbons (Fsp3) is 0. The van der Waals surface area contributed by atoms with Crippen LogP contribution in [0.5, 0.6) is 0 Å². The average molecular weight is 767 g/mol. The summed E-state index contributed by atoms with van der Waals surface area (Å²) in [4.78, 5) is 33.8. The van der Waals surface area contributed by atoms with Crippen molar-refractivity contribution >= 4 is 43.6 Å². The molecule has 5 aromatic heterocycles. The van der Waals surface area contributed by atoms with Crippen molar-refractivity contribution in [2.45, 2.75) is 0 Å². The molecule has 0 saturated carbocycles. The third-order valence-electron chi connectivity index (χ3n) is 11.0. The Bertz CT molecular complexity index is 3290. The summed E-state index contributed by atoms with van der Waals surface area (Å²) in [5, 5.41) is 13.5. The van der Waals surface area contributed by atoms with Gasteiger partial charge in [0.1, 0.15) is 0 Å². The van der Waals surface area contributed by atoms with E-state index in [1.54, 1.807) is 0 Å². The number of fused-ring (bicyclic) bond motifs is 6. The Balaban J connectivity index is 0.985. The molecule has 6 aromatic carbocycles. The molecular weight excluding hydrogens is 737 g/mol. The van der Waals surface area contributed by atoms with Crippen LogP contribution in [0, 0.1) is 11.3 Å². The van der Waals surface area contributed by atoms with Gasteiger partial charge in [0.05, 0.1) is 33.7 Å². The van der Waals surface area contributed by atoms with Crippen molar-refractivity contribution in [1.82, 2.24) is 34.9 Å². The number of benzene rings is 6. The Morgan fingerprint density at radius 3 is 1.10 bits per heavy atom. The van der Waals surface area contributed by atoms with Crippen LogP contribution in [0.2, 0.25) is 0 Å². The van der Waals surface area contributed by atoms with Crippen molar-refractivity contribution in [2.24, 2.45) is 0 Å². The summed E-state index contributed by atoms with van der Waals surface area (Å²) < 4.78 is 0. The zero-order valence-electron chi connectivity index (χ0n) is 31.9. The summed E-state index contributed by atoms with van der Waals surface area (Å²) in [5.74, 6) is 1.70. The van der Waals surface area contributed by atoms with Gasteiger partial charge in [-0.25, -0.2) is 15.0 Å². The molecule has 11 aromatic rings. The second-order valence-corrected chi connectivity index (χ2v) is 14.5. The maximum absolute atomic E-state index is 9.26. The van der Waals surface area contributed by atoms with Crippen molar-refractivity contribution in [3.05, 3.63) is 188 Å². The molecular formula is C52H30N8. The summed E-state index contributed by atoms with van der Waals surface area (Å²) in [5.41, 5.74) is 13.0. The fourth-order valence-corrected chi connectivity index (χ4v) is 7.92. The minimum absolute atomic E-state index is 0.563. The molecule has 0 aliphatic rings. The van der Waals surface area contributed by atoms with E-state index in [2.05, 4.69) is 113 Å². The highest BCUT2D eigenvalue weighted by Gasteiger charge is 2.16. The lowest BCUT2D eigenvalue weighted by atomic mass is 9.98. The van der Waals surface area contributed by atoms with E-state index >= 15 is 0 Å². The number of nitriles is 1. The molecule has 60 heavy (non-hydrogen) atoms. The van der Waals surface area contributed by atoms with Gasteiger partial charge in [0, 0.05) is 63.0 Å². The maximum atomic E-state index is 9.26. The largest absolute Gasteiger partial charge is 0.254 e. The van der Waals surface area contributed by atoms with Gasteiger partial charge in [0.15, 0.2) is 17.5 Å². The van der Waals surface area contributed by atoms with Crippen LogP contribution in [0.25, 0.3) is 111 Å². The fourth-order valence-electron chi connectivity index (χ4n) is 7.92. The lowest BCUT2D eigenvalue weighted by Gasteiger charge is -2.12. The molecule has 0 saturated heterocycles. The molecule has 8 nitrogen and oxygen atoms in total. The molecule has 278 valence electrons. The highest BCUT2D eigenvalue weighted by molar-refractivity contribution is 6.09. The summed E-state index contributed by atoms with van der Waals surface area (Å²) in [6.07, 6.45) is 7.31. The van der Waals surface area contributed by atoms with Gasteiger partial charge in [-0.2, -0.15) is 5.26 Å². The van der Waals surface area contributed by atoms with Crippen molar-refractivity contribution in [3.8, 4) is 73.6 Å². The molecule has 0 amide bonds. The SMILES string of the molecule is N#Cc1ccc(-c2ccc(-c3nc(-c4ccc(-c5ccnc6c5ccc5cccnc56)cc4)nc(-c4ccc(-c5ccnc6c5ccc5cccnc56)cc4)n3)cc2)cc1. The lowest BCUT2D eigenvalue weighted by Crippen LogP contribution is -2.00. The van der Waals surface area contributed by atoms with Crippen molar-refractivity contribution in [2.75, 3.05) is 0 Å². The quantitative estimate of drug-likeness (QED) is 0.154. The molecule has 0 unspecified atom stereocenters. The topological polar surface area (TPSA) is 114 Å². The lowest BCUT2D eigenvalue weighted by molar-refractivity contribution is 1.07. The van der Waals surface area contributed by atoms with Crippen LogP contribution in [0.1, 0.15) is 5.56 Å². The van der Waals surface area contributed by atoms with Crippen LogP contribution < -0.4 is 0 Å². The monoisotopic (exact) mass is 766 g/mol. The number of hydrogen-bond donors (Lipinski definition) is 0. The molecule has 0 bridgehead atoms. The van der Waals surface area contributed by atoms with Crippen LogP contribution >= 0.6 is 0 Å². The van der Waals surface area contributed by atoms with Gasteiger partial charge in [-0.1, -0.05) is 121 Å². The molecule has 0 fully saturated rings. The minimum Gasteiger partial charge on any atom is -0.254 e. The second kappa shape index (κ2) is 14.4. The Labute approximate surface area is 344 Å². The Kier molecular flexibility index (Phi) is 8.35. The van der Waals surface area contributed by atoms with Crippen LogP contribution in [-0.2, 0) is 0 Å². The van der Waals surface area contributed by atoms with Crippen molar-refractivity contribution in [1.29, 1.82) is 5.26 Å². The van der Waals surface area contributed by atoms with E-state index in [0.29, 0.717) is 23.0 Å². The van der Waals surface area contributed by atoms with E-state index in [9.17, 15) is 5.26 Å². The number of pyridine rings is 4. The number of rotatable bonds is 6. The summed E-state index contributed by atoms with van der Waals surface area (Å²) in [7, 11) is 0. The molecule has 0 N–H and O–H groups in total. The molecule has 0 aliphatic carbocycles. The van der Waals surface area contributed by atoms with E-state index in [-0.39, 0.29) is 0 Å². The first-order valence-corrected chi connectivity index (χ1v) is 19.5. The minimum atomic E-state index is 0.563. The molecule has 0 aliphatic heterocycles. The second-order valence-electron chi connectivity index (χ2n) is 14.5. The summed E-state index contributed by atoms with van der Waals surface area (Å²) in [6, 6.07) is 55.1. The third-order valence-corrected chi connectivity index (χ3v) is 11.0. The van der Waals surface area contributed by atoms with Gasteiger partial charge < -0.3 is 0 Å². The summed E-state index contributed by atoms with van der Waals surface area (Å²) >= 11 is 0. The van der Waals surface area contributed by atoms with E-state index in [0.717, 1.165) is 93.7 Å². The highest BCUT2D eigenvalue weighted by Crippen LogP contribution is 2.35. The Morgan fingerprint density at radius 2 is 0.683 bits per heavy atom. The van der Waals surface area contributed by atoms with Crippen molar-refractivity contribution < 1.29 is 0 Å². The first-order chi connectivity index (χ1) is 29.7. The predicted octanol–water partition coefficient (Wildman–Crippen LogP) is 11.9. The maximum Gasteiger partial charge on any atom is 0.164 e. The molecule has 0 radical (unpaired) electrons. The predicted molar refractivity (Wildman–Crippen MR) is 238 cm³/mol. The first kappa shape index (κ1) is 34.7. The zero-order chi connectivity index (χ0) is 40.0. The van der Waals surface area contributed by atoms with E-state index in [4.69, 9.17) is 24.9 Å². The number of aromatic nitrogens is 7. The standard InChI is InChI=1S/C52H30N8/c53-31-32-5-7-33(8-6-32)34-9-15-39(16-10-34)50-58-51(40-17-11-35(12-18-40)42-25-29-56-48-44(42)23-21-37-3-1-27-54-46(37)48)60-52(59-50)41-19-13-36(14-20-41)43-26-30-57-49-45(43)24-22-38-4-2-28-55-47(38)49/h1-30H. The van der Waals surface area contributed by atoms with Crippen LogP contribution in [0.4, 0.5) is 0 Å². The molecule has 11 rings (SSSR count). The third kappa shape index (κ3) is 6.15. The molecule has 5 heterocycles. The zero-order valence-corrected chi connectivity index (χ0v) is 31.9. The molecule has 0 spiro atoms. The number of nitrogens with zero attached hydrogens (tertiary/aromatic N) is 8. The smallest absolute Gasteiger partial charge is 0.164 e.